The second-order valence-electron chi connectivity index (χ2n) is 3.56. The minimum Gasteiger partial charge on any atom is -0.358 e. The van der Waals surface area contributed by atoms with Crippen LogP contribution in [0.4, 0.5) is 0 Å². The van der Waals surface area contributed by atoms with E-state index in [0.29, 0.717) is 0 Å². The molecule has 0 saturated heterocycles. The van der Waals surface area contributed by atoms with Gasteiger partial charge in [-0.3, -0.25) is 6.08 Å². The van der Waals surface area contributed by atoms with Gasteiger partial charge in [0.05, 0.1) is 0 Å². The van der Waals surface area contributed by atoms with Crippen molar-refractivity contribution in [3.63, 3.8) is 0 Å². The summed E-state index contributed by atoms with van der Waals surface area (Å²) in [5.74, 6) is 0. The van der Waals surface area contributed by atoms with Gasteiger partial charge in [0, 0.05) is 25.8 Å². The maximum atomic E-state index is 3.60. The molecule has 0 aromatic rings. The fourth-order valence-electron chi connectivity index (χ4n) is 0.340. The van der Waals surface area contributed by atoms with E-state index in [0.717, 1.165) is 25.7 Å². The molecule has 0 heterocycles. The molecule has 0 atom stereocenters. The van der Waals surface area contributed by atoms with E-state index in [1.165, 1.54) is 19.3 Å². The Bertz CT molecular complexity index is 111. The van der Waals surface area contributed by atoms with Crippen LogP contribution >= 0.6 is 0 Å². The van der Waals surface area contributed by atoms with E-state index < -0.39 is 0 Å². The Labute approximate surface area is 173 Å². The number of hydrogen-bond donors (Lipinski definition) is 0. The minimum absolute atomic E-state index is 0. The molecule has 0 saturated carbocycles. The Kier molecular flexibility index (Phi) is 195. The number of rotatable bonds is 3. The van der Waals surface area contributed by atoms with E-state index in [-0.39, 0.29) is 63.0 Å². The summed E-state index contributed by atoms with van der Waals surface area (Å²) in [5, 5.41) is 0. The second-order valence-corrected chi connectivity index (χ2v) is 3.56. The molecule has 0 unspecified atom stereocenters. The zero-order chi connectivity index (χ0) is 13.8. The van der Waals surface area contributed by atoms with Crippen molar-refractivity contribution in [1.82, 2.24) is 0 Å². The Morgan fingerprint density at radius 3 is 1.04 bits per heavy atom. The van der Waals surface area contributed by atoms with Gasteiger partial charge in [0.15, 0.2) is 0 Å². The number of allylic oxidation sites excluding steroid dienone is 4. The normalized spacial score (nSPS) is 7.74. The predicted molar refractivity (Wildman–Crippen MR) is 114 cm³/mol. The van der Waals surface area contributed by atoms with Crippen LogP contribution in [-0.4, -0.2) is 0 Å². The molecular formula is C22H47Hf-9. The molecule has 0 fully saturated rings. The molecule has 0 N–H and O–H groups in total. The summed E-state index contributed by atoms with van der Waals surface area (Å²) >= 11 is 0. The summed E-state index contributed by atoms with van der Waals surface area (Å²) in [5.41, 5.74) is 0. The molecule has 1 heteroatoms. The van der Waals surface area contributed by atoms with E-state index >= 15 is 0 Å². The number of unbranched alkanes of at least 4 members (excludes halogenated alkanes) is 3. The first-order valence-corrected chi connectivity index (χ1v) is 6.84. The summed E-state index contributed by atoms with van der Waals surface area (Å²) in [6.45, 7) is 17.2. The third-order valence-electron chi connectivity index (χ3n) is 1.65. The third kappa shape index (κ3) is 133. The van der Waals surface area contributed by atoms with Gasteiger partial charge in [-0.05, 0) is 0 Å². The fourth-order valence-corrected chi connectivity index (χ4v) is 0.340. The summed E-state index contributed by atoms with van der Waals surface area (Å²) in [4.78, 5) is 0. The zero-order valence-electron chi connectivity index (χ0n) is 17.8. The van der Waals surface area contributed by atoms with Gasteiger partial charge in [0.1, 0.15) is 0 Å². The van der Waals surface area contributed by atoms with Crippen LogP contribution in [0.2, 0.25) is 0 Å². The maximum absolute atomic E-state index is 3.60. The van der Waals surface area contributed by atoms with Crippen LogP contribution in [-0.2, 0) is 25.8 Å². The van der Waals surface area contributed by atoms with Crippen molar-refractivity contribution in [2.24, 2.45) is 0 Å². The van der Waals surface area contributed by atoms with Gasteiger partial charge in [-0.15, -0.1) is 6.42 Å². The average Bonchev–Trinajstić information content (AvgIpc) is 2.98. The monoisotopic (exact) mass is 491 g/mol. The number of hydrogen-bond acceptors (Lipinski definition) is 0. The molecule has 0 aromatic heterocycles. The Hall–Kier alpha value is 0.350. The second kappa shape index (κ2) is 79.1. The minimum atomic E-state index is 0. The smallest absolute Gasteiger partial charge is 0 e. The van der Waals surface area contributed by atoms with Gasteiger partial charge in [-0.2, -0.15) is 25.3 Å². The van der Waals surface area contributed by atoms with Gasteiger partial charge in [0.2, 0.25) is 0 Å². The van der Waals surface area contributed by atoms with Crippen LogP contribution in [0.5, 0.6) is 0 Å². The topological polar surface area (TPSA) is 0 Å². The SMILES string of the molecule is [C-]1=CC=CC1.[CH2-]CCC.[CH2-]CCC.[CH2-]CCC.[CH3-].[CH3-].[CH3-].[CH3-].[CH3-].[Hf]. The zero-order valence-corrected chi connectivity index (χ0v) is 21.4. The Morgan fingerprint density at radius 2 is 1.00 bits per heavy atom. The predicted octanol–water partition coefficient (Wildman–Crippen LogP) is 8.42. The largest absolute Gasteiger partial charge is 0.358 e. The molecule has 148 valence electrons. The van der Waals surface area contributed by atoms with Crippen molar-refractivity contribution >= 4 is 0 Å². The molecule has 1 aliphatic rings. The molecule has 23 heavy (non-hydrogen) atoms. The summed E-state index contributed by atoms with van der Waals surface area (Å²) in [6, 6.07) is 0. The fraction of sp³-hybridized carbons (Fsp3) is 0.455. The van der Waals surface area contributed by atoms with Crippen LogP contribution in [0, 0.1) is 64.0 Å². The van der Waals surface area contributed by atoms with Crippen LogP contribution in [0.3, 0.4) is 0 Å². The van der Waals surface area contributed by atoms with Crippen molar-refractivity contribution in [3.05, 3.63) is 82.2 Å². The first-order valence-electron chi connectivity index (χ1n) is 6.84. The van der Waals surface area contributed by atoms with Crippen LogP contribution in [0.15, 0.2) is 18.2 Å². The van der Waals surface area contributed by atoms with Crippen molar-refractivity contribution in [3.8, 4) is 0 Å². The molecule has 0 aromatic carbocycles. The first-order chi connectivity index (χ1) is 8.24. The molecule has 0 aliphatic heterocycles. The first kappa shape index (κ1) is 56.6. The van der Waals surface area contributed by atoms with Crippen molar-refractivity contribution in [2.75, 3.05) is 0 Å². The summed E-state index contributed by atoms with van der Waals surface area (Å²) in [7, 11) is 0. The maximum Gasteiger partial charge on any atom is 0 e. The van der Waals surface area contributed by atoms with Crippen LogP contribution in [0.25, 0.3) is 0 Å². The molecule has 0 spiro atoms. The standard InChI is InChI=1S/C5H5.3C4H9.5CH3.Hf/c1-2-4-5-3-1;3*1-3-4-2;;;;;;/h1-3H,4H2;3*1,3-4H2,2H3;5*1H3;/q9*-1;. The van der Waals surface area contributed by atoms with E-state index in [1.807, 2.05) is 12.2 Å². The molecule has 1 rings (SSSR count). The van der Waals surface area contributed by atoms with Gasteiger partial charge in [-0.25, -0.2) is 12.2 Å². The van der Waals surface area contributed by atoms with E-state index in [4.69, 9.17) is 0 Å². The molecule has 0 bridgehead atoms. The molecular weight excluding hydrogens is 443 g/mol. The molecule has 0 radical (unpaired) electrons. The molecule has 1 aliphatic carbocycles. The van der Waals surface area contributed by atoms with Crippen LogP contribution < -0.4 is 0 Å². The molecule has 0 nitrogen and oxygen atoms in total. The third-order valence-corrected chi connectivity index (χ3v) is 1.65. The quantitative estimate of drug-likeness (QED) is 0.275. The van der Waals surface area contributed by atoms with Gasteiger partial charge < -0.3 is 57.9 Å². The average molecular weight is 490 g/mol. The van der Waals surface area contributed by atoms with E-state index in [2.05, 4.69) is 53.7 Å². The molecule has 0 amide bonds. The van der Waals surface area contributed by atoms with Crippen LogP contribution in [0.1, 0.15) is 65.7 Å². The van der Waals surface area contributed by atoms with E-state index in [9.17, 15) is 0 Å². The Balaban J connectivity index is -0.0000000150. The van der Waals surface area contributed by atoms with E-state index in [1.54, 1.807) is 0 Å². The van der Waals surface area contributed by atoms with Crippen molar-refractivity contribution in [1.29, 1.82) is 0 Å². The summed E-state index contributed by atoms with van der Waals surface area (Å²) in [6.07, 6.45) is 16.8. The summed E-state index contributed by atoms with van der Waals surface area (Å²) < 4.78 is 0. The van der Waals surface area contributed by atoms with Crippen molar-refractivity contribution < 1.29 is 25.8 Å². The Morgan fingerprint density at radius 1 is 0.739 bits per heavy atom. The van der Waals surface area contributed by atoms with Crippen molar-refractivity contribution in [2.45, 2.75) is 65.7 Å². The van der Waals surface area contributed by atoms with Gasteiger partial charge >= 0.3 is 0 Å². The van der Waals surface area contributed by atoms with Gasteiger partial charge in [0.25, 0.3) is 0 Å². The van der Waals surface area contributed by atoms with Gasteiger partial charge in [-0.1, -0.05) is 40.0 Å².